The lowest BCUT2D eigenvalue weighted by Crippen LogP contribution is -2.30. The van der Waals surface area contributed by atoms with Crippen molar-refractivity contribution in [1.82, 2.24) is 5.32 Å². The number of thiophene rings is 1. The number of hydrogen-bond acceptors (Lipinski definition) is 6. The van der Waals surface area contributed by atoms with Gasteiger partial charge in [-0.3, -0.25) is 14.4 Å². The van der Waals surface area contributed by atoms with Gasteiger partial charge in [-0.2, -0.15) is 0 Å². The van der Waals surface area contributed by atoms with E-state index in [1.165, 1.54) is 23.1 Å². The van der Waals surface area contributed by atoms with Gasteiger partial charge in [-0.25, -0.2) is 0 Å². The molecular formula is C35H29N3O4S2. The Morgan fingerprint density at radius 2 is 1.45 bits per heavy atom. The van der Waals surface area contributed by atoms with Gasteiger partial charge in [0.05, 0.1) is 12.8 Å². The number of carbonyl (C=O) groups excluding carboxylic acids is 3. The van der Waals surface area contributed by atoms with Gasteiger partial charge in [0, 0.05) is 21.0 Å². The van der Waals surface area contributed by atoms with Crippen molar-refractivity contribution in [1.29, 1.82) is 0 Å². The van der Waals surface area contributed by atoms with Crippen LogP contribution in [0.5, 0.6) is 5.75 Å². The first-order valence-corrected chi connectivity index (χ1v) is 15.4. The molecule has 0 spiro atoms. The standard InChI is InChI=1S/C35H29N3O4S2/c1-42-31-17-9-8-16-29(31)37-35(41)32(24-11-4-2-5-12-24)44-27-20-18-26(19-21-27)36-34(40)30(23-28-15-10-22-43-28)38-33(39)25-13-6-3-7-14-25/h2-23,32H,1H3,(H,36,40)(H,37,41)(H,38,39)/b30-23-. The van der Waals surface area contributed by atoms with Crippen molar-refractivity contribution in [3.8, 4) is 5.75 Å². The van der Waals surface area contributed by atoms with Crippen LogP contribution in [0.4, 0.5) is 11.4 Å². The van der Waals surface area contributed by atoms with Crippen molar-refractivity contribution >= 4 is 58.3 Å². The van der Waals surface area contributed by atoms with Crippen molar-refractivity contribution in [3.63, 3.8) is 0 Å². The number of hydrogen-bond donors (Lipinski definition) is 3. The summed E-state index contributed by atoms with van der Waals surface area (Å²) in [5.74, 6) is -0.458. The van der Waals surface area contributed by atoms with Gasteiger partial charge in [-0.15, -0.1) is 23.1 Å². The van der Waals surface area contributed by atoms with E-state index in [1.807, 2.05) is 78.2 Å². The molecule has 5 aromatic rings. The summed E-state index contributed by atoms with van der Waals surface area (Å²) in [5.41, 5.74) is 2.55. The summed E-state index contributed by atoms with van der Waals surface area (Å²) in [6, 6.07) is 36.5. The Morgan fingerprint density at radius 1 is 0.773 bits per heavy atom. The molecule has 3 amide bonds. The predicted octanol–water partition coefficient (Wildman–Crippen LogP) is 7.64. The maximum Gasteiger partial charge on any atom is 0.272 e. The summed E-state index contributed by atoms with van der Waals surface area (Å²) < 4.78 is 5.40. The highest BCUT2D eigenvalue weighted by Gasteiger charge is 2.23. The normalized spacial score (nSPS) is 11.7. The van der Waals surface area contributed by atoms with Crippen molar-refractivity contribution in [2.45, 2.75) is 10.1 Å². The van der Waals surface area contributed by atoms with Crippen LogP contribution in [0, 0.1) is 0 Å². The molecule has 1 atom stereocenters. The largest absolute Gasteiger partial charge is 0.495 e. The third-order valence-corrected chi connectivity index (χ3v) is 8.52. The Bertz CT molecular complexity index is 1740. The molecule has 1 heterocycles. The molecule has 44 heavy (non-hydrogen) atoms. The van der Waals surface area contributed by atoms with Crippen LogP contribution in [0.1, 0.15) is 26.0 Å². The van der Waals surface area contributed by atoms with Crippen LogP contribution < -0.4 is 20.7 Å². The molecule has 0 bridgehead atoms. The fraction of sp³-hybridized carbons (Fsp3) is 0.0571. The fourth-order valence-corrected chi connectivity index (χ4v) is 5.94. The number of nitrogens with one attached hydrogen (secondary N) is 3. The van der Waals surface area contributed by atoms with E-state index >= 15 is 0 Å². The SMILES string of the molecule is COc1ccccc1NC(=O)C(Sc1ccc(NC(=O)/C(=C/c2cccs2)NC(=O)c2ccccc2)cc1)c1ccccc1. The summed E-state index contributed by atoms with van der Waals surface area (Å²) in [7, 11) is 1.56. The second-order valence-electron chi connectivity index (χ2n) is 9.47. The summed E-state index contributed by atoms with van der Waals surface area (Å²) in [6.45, 7) is 0. The maximum atomic E-state index is 13.5. The van der Waals surface area contributed by atoms with Gasteiger partial charge in [0.1, 0.15) is 16.7 Å². The van der Waals surface area contributed by atoms with Crippen LogP contribution in [0.2, 0.25) is 0 Å². The highest BCUT2D eigenvalue weighted by molar-refractivity contribution is 8.00. The van der Waals surface area contributed by atoms with E-state index in [0.717, 1.165) is 15.3 Å². The molecule has 0 saturated carbocycles. The molecular weight excluding hydrogens is 591 g/mol. The molecule has 0 aliphatic heterocycles. The van der Waals surface area contributed by atoms with Crippen molar-refractivity contribution in [3.05, 3.63) is 148 Å². The first kappa shape index (κ1) is 30.3. The van der Waals surface area contributed by atoms with Crippen LogP contribution in [0.3, 0.4) is 0 Å². The van der Waals surface area contributed by atoms with Crippen molar-refractivity contribution < 1.29 is 19.1 Å². The minimum atomic E-state index is -0.546. The van der Waals surface area contributed by atoms with Gasteiger partial charge < -0.3 is 20.7 Å². The van der Waals surface area contributed by atoms with E-state index in [1.54, 1.807) is 61.7 Å². The molecule has 4 aromatic carbocycles. The summed E-state index contributed by atoms with van der Waals surface area (Å²) in [5, 5.41) is 9.97. The second-order valence-corrected chi connectivity index (χ2v) is 11.6. The van der Waals surface area contributed by atoms with Gasteiger partial charge >= 0.3 is 0 Å². The number of carbonyl (C=O) groups is 3. The summed E-state index contributed by atoms with van der Waals surface area (Å²) in [6.07, 6.45) is 1.65. The third kappa shape index (κ3) is 8.03. The Kier molecular flexibility index (Phi) is 10.2. The Morgan fingerprint density at radius 3 is 2.14 bits per heavy atom. The minimum Gasteiger partial charge on any atom is -0.495 e. The molecule has 3 N–H and O–H groups in total. The molecule has 5 rings (SSSR count). The molecule has 1 unspecified atom stereocenters. The maximum absolute atomic E-state index is 13.5. The van der Waals surface area contributed by atoms with Gasteiger partial charge in [-0.05, 0) is 71.6 Å². The van der Waals surface area contributed by atoms with E-state index in [-0.39, 0.29) is 17.5 Å². The second kappa shape index (κ2) is 14.9. The number of para-hydroxylation sites is 2. The lowest BCUT2D eigenvalue weighted by Gasteiger charge is -2.18. The van der Waals surface area contributed by atoms with E-state index in [0.29, 0.717) is 22.7 Å². The molecule has 0 saturated heterocycles. The van der Waals surface area contributed by atoms with Crippen LogP contribution in [0.15, 0.2) is 137 Å². The monoisotopic (exact) mass is 619 g/mol. The summed E-state index contributed by atoms with van der Waals surface area (Å²) in [4.78, 5) is 41.3. The molecule has 0 fully saturated rings. The zero-order valence-corrected chi connectivity index (χ0v) is 25.4. The zero-order valence-electron chi connectivity index (χ0n) is 23.7. The van der Waals surface area contributed by atoms with Crippen molar-refractivity contribution in [2.24, 2.45) is 0 Å². The van der Waals surface area contributed by atoms with Gasteiger partial charge in [0.25, 0.3) is 11.8 Å². The van der Waals surface area contributed by atoms with Crippen LogP contribution in [0.25, 0.3) is 6.08 Å². The first-order valence-electron chi connectivity index (χ1n) is 13.7. The van der Waals surface area contributed by atoms with Crippen LogP contribution in [-0.4, -0.2) is 24.8 Å². The average Bonchev–Trinajstić information content (AvgIpc) is 3.58. The molecule has 220 valence electrons. The number of anilines is 2. The average molecular weight is 620 g/mol. The molecule has 0 radical (unpaired) electrons. The number of methoxy groups -OCH3 is 1. The third-order valence-electron chi connectivity index (χ3n) is 6.43. The Hall–Kier alpha value is -5.12. The van der Waals surface area contributed by atoms with Crippen LogP contribution in [-0.2, 0) is 9.59 Å². The van der Waals surface area contributed by atoms with E-state index in [9.17, 15) is 14.4 Å². The molecule has 0 aliphatic rings. The number of ether oxygens (including phenoxy) is 1. The number of thioether (sulfide) groups is 1. The lowest BCUT2D eigenvalue weighted by atomic mass is 10.1. The van der Waals surface area contributed by atoms with E-state index in [4.69, 9.17) is 4.74 Å². The quantitative estimate of drug-likeness (QED) is 0.104. The molecule has 7 nitrogen and oxygen atoms in total. The van der Waals surface area contributed by atoms with Crippen LogP contribution >= 0.6 is 23.1 Å². The predicted molar refractivity (Wildman–Crippen MR) is 178 cm³/mol. The van der Waals surface area contributed by atoms with Gasteiger partial charge in [0.2, 0.25) is 5.91 Å². The fourth-order valence-electron chi connectivity index (χ4n) is 4.26. The number of benzene rings is 4. The lowest BCUT2D eigenvalue weighted by molar-refractivity contribution is -0.116. The summed E-state index contributed by atoms with van der Waals surface area (Å²) >= 11 is 2.85. The highest BCUT2D eigenvalue weighted by Crippen LogP contribution is 2.37. The van der Waals surface area contributed by atoms with E-state index in [2.05, 4.69) is 16.0 Å². The molecule has 0 aliphatic carbocycles. The highest BCUT2D eigenvalue weighted by atomic mass is 32.2. The van der Waals surface area contributed by atoms with Gasteiger partial charge in [0.15, 0.2) is 0 Å². The zero-order chi connectivity index (χ0) is 30.7. The smallest absolute Gasteiger partial charge is 0.272 e. The molecule has 1 aromatic heterocycles. The number of amides is 3. The minimum absolute atomic E-state index is 0.122. The van der Waals surface area contributed by atoms with Crippen molar-refractivity contribution in [2.75, 3.05) is 17.7 Å². The first-order chi connectivity index (χ1) is 21.5. The molecule has 9 heteroatoms. The van der Waals surface area contributed by atoms with E-state index < -0.39 is 11.2 Å². The van der Waals surface area contributed by atoms with Gasteiger partial charge in [-0.1, -0.05) is 66.7 Å². The Labute approximate surface area is 264 Å². The topological polar surface area (TPSA) is 96.5 Å². The number of rotatable bonds is 11. The Balaban J connectivity index is 1.31.